The van der Waals surface area contributed by atoms with Crippen LogP contribution < -0.4 is 0 Å². The molecule has 0 unspecified atom stereocenters. The molecule has 0 aliphatic carbocycles. The third-order valence-corrected chi connectivity index (χ3v) is 0. The van der Waals surface area contributed by atoms with E-state index in [4.69, 9.17) is 0 Å². The van der Waals surface area contributed by atoms with Crippen LogP contribution in [-0.4, -0.2) is 77.4 Å². The average Bonchev–Trinajstić information content (AvgIpc) is 0.811. The van der Waals surface area contributed by atoms with Gasteiger partial charge in [-0.05, 0) is 21.1 Å². The zero-order chi connectivity index (χ0) is 3.58. The van der Waals surface area contributed by atoms with Gasteiger partial charge in [0.25, 0.3) is 0 Å². The van der Waals surface area contributed by atoms with Crippen molar-refractivity contribution in [2.24, 2.45) is 0 Å². The van der Waals surface area contributed by atoms with E-state index in [0.717, 1.165) is 0 Å². The number of rotatable bonds is 0. The Morgan fingerprint density at radius 3 is 1.00 bits per heavy atom. The second kappa shape index (κ2) is 5.60. The predicted octanol–water partition coefficient (Wildman–Crippen LogP) is -0.471. The first-order valence-electron chi connectivity index (χ1n) is 1.34. The Morgan fingerprint density at radius 1 is 1.00 bits per heavy atom. The molecule has 1 nitrogen and oxygen atoms in total. The molecule has 0 saturated carbocycles. The maximum atomic E-state index is 2.00. The fraction of sp³-hybridized carbons (Fsp3) is 1.00. The maximum absolute atomic E-state index is 2.00. The van der Waals surface area contributed by atoms with E-state index in [1.807, 2.05) is 26.0 Å². The molecule has 0 aromatic carbocycles. The summed E-state index contributed by atoms with van der Waals surface area (Å²) in [5.74, 6) is 0. The molecule has 0 saturated heterocycles. The molecule has 5 heavy (non-hydrogen) atoms. The van der Waals surface area contributed by atoms with Crippen LogP contribution in [0.15, 0.2) is 0 Å². The Kier molecular flexibility index (Phi) is 10.9. The van der Waals surface area contributed by atoms with Crippen LogP contribution in [0.3, 0.4) is 0 Å². The van der Waals surface area contributed by atoms with E-state index < -0.39 is 0 Å². The van der Waals surface area contributed by atoms with Crippen molar-refractivity contribution in [1.29, 1.82) is 0 Å². The van der Waals surface area contributed by atoms with Gasteiger partial charge >= 0.3 is 51.4 Å². The van der Waals surface area contributed by atoms with Gasteiger partial charge in [0.2, 0.25) is 0 Å². The van der Waals surface area contributed by atoms with E-state index in [1.54, 1.807) is 0 Å². The summed E-state index contributed by atoms with van der Waals surface area (Å²) in [5.41, 5.74) is 0. The Balaban J connectivity index is 0. The summed E-state index contributed by atoms with van der Waals surface area (Å²) in [6, 6.07) is 0. The van der Waals surface area contributed by atoms with Crippen LogP contribution in [-0.2, 0) is 0 Å². The Labute approximate surface area is 76.2 Å². The zero-order valence-electron chi connectivity index (χ0n) is 3.45. The summed E-state index contributed by atoms with van der Waals surface area (Å²) >= 11 is 0. The second-order valence-electron chi connectivity index (χ2n) is 1.34. The van der Waals surface area contributed by atoms with Crippen LogP contribution in [0.5, 0.6) is 0 Å². The molecule has 0 fully saturated rings. The van der Waals surface area contributed by atoms with Crippen LogP contribution >= 0.6 is 0 Å². The van der Waals surface area contributed by atoms with Gasteiger partial charge in [-0.3, -0.25) is 0 Å². The van der Waals surface area contributed by atoms with Crippen molar-refractivity contribution in [2.45, 2.75) is 0 Å². The molecule has 0 aromatic rings. The predicted molar refractivity (Wildman–Crippen MR) is 26.8 cm³/mol. The quantitative estimate of drug-likeness (QED) is 0.371. The van der Waals surface area contributed by atoms with Crippen LogP contribution in [0, 0.1) is 0 Å². The van der Waals surface area contributed by atoms with Gasteiger partial charge in [-0.1, -0.05) is 0 Å². The van der Waals surface area contributed by atoms with E-state index in [2.05, 4.69) is 0 Å². The number of hydrogen-bond acceptors (Lipinski definition) is 1. The van der Waals surface area contributed by atoms with Gasteiger partial charge in [0.05, 0.1) is 0 Å². The Bertz CT molecular complexity index is 11.6. The van der Waals surface area contributed by atoms with Crippen LogP contribution in [0.25, 0.3) is 0 Å². The van der Waals surface area contributed by atoms with Gasteiger partial charge in [0.15, 0.2) is 0 Å². The molecule has 0 aliphatic heterocycles. The van der Waals surface area contributed by atoms with Crippen molar-refractivity contribution in [3.63, 3.8) is 0 Å². The summed E-state index contributed by atoms with van der Waals surface area (Å²) in [6.07, 6.45) is 0. The number of nitrogens with zero attached hydrogens (tertiary/aromatic N) is 1. The zero-order valence-corrected chi connectivity index (χ0v) is 3.45. The number of hydrogen-bond donors (Lipinski definition) is 0. The van der Waals surface area contributed by atoms with Gasteiger partial charge in [0.1, 0.15) is 0 Å². The normalized spacial score (nSPS) is 7.20. The van der Waals surface area contributed by atoms with E-state index in [9.17, 15) is 0 Å². The third-order valence-electron chi connectivity index (χ3n) is 0. The molecule has 2 heteroatoms. The molecule has 0 N–H and O–H groups in total. The minimum absolute atomic E-state index is 0. The van der Waals surface area contributed by atoms with Crippen molar-refractivity contribution in [3.05, 3.63) is 0 Å². The van der Waals surface area contributed by atoms with Crippen LogP contribution in [0.1, 0.15) is 0 Å². The SMILES string of the molecule is CN(C)C.[KH]. The minimum atomic E-state index is 0. The molecular formula is C3H10KN. The first kappa shape index (κ1) is 9.78. The van der Waals surface area contributed by atoms with Crippen molar-refractivity contribution in [1.82, 2.24) is 4.90 Å². The van der Waals surface area contributed by atoms with Crippen molar-refractivity contribution in [3.8, 4) is 0 Å². The molecule has 0 atom stereocenters. The standard InChI is InChI=1S/C3H9N.K.H/c1-4(2)3;;/h1-3H3;;. The van der Waals surface area contributed by atoms with E-state index >= 15 is 0 Å². The molecule has 0 rings (SSSR count). The molecule has 0 spiro atoms. The molecule has 0 aromatic heterocycles. The molecule has 28 valence electrons. The van der Waals surface area contributed by atoms with Gasteiger partial charge in [-0.2, -0.15) is 0 Å². The fourth-order valence-corrected chi connectivity index (χ4v) is 0. The Hall–Kier alpha value is 1.60. The van der Waals surface area contributed by atoms with Gasteiger partial charge in [-0.25, -0.2) is 0 Å². The van der Waals surface area contributed by atoms with E-state index in [1.165, 1.54) is 0 Å². The summed E-state index contributed by atoms with van der Waals surface area (Å²) in [5, 5.41) is 0. The third kappa shape index (κ3) is 28.4. The summed E-state index contributed by atoms with van der Waals surface area (Å²) in [4.78, 5) is 2.00. The van der Waals surface area contributed by atoms with Gasteiger partial charge in [-0.15, -0.1) is 0 Å². The summed E-state index contributed by atoms with van der Waals surface area (Å²) < 4.78 is 0. The van der Waals surface area contributed by atoms with Gasteiger partial charge in [0, 0.05) is 0 Å². The van der Waals surface area contributed by atoms with E-state index in [0.29, 0.717) is 0 Å². The topological polar surface area (TPSA) is 3.24 Å². The van der Waals surface area contributed by atoms with Gasteiger partial charge < -0.3 is 4.90 Å². The molecule has 0 bridgehead atoms. The second-order valence-corrected chi connectivity index (χ2v) is 1.34. The molecule has 0 amide bonds. The first-order chi connectivity index (χ1) is 1.73. The summed E-state index contributed by atoms with van der Waals surface area (Å²) in [6.45, 7) is 0. The van der Waals surface area contributed by atoms with Crippen molar-refractivity contribution < 1.29 is 0 Å². The first-order valence-corrected chi connectivity index (χ1v) is 1.34. The van der Waals surface area contributed by atoms with Crippen molar-refractivity contribution >= 4 is 51.4 Å². The van der Waals surface area contributed by atoms with Crippen LogP contribution in [0.2, 0.25) is 0 Å². The Morgan fingerprint density at radius 2 is 1.00 bits per heavy atom. The monoisotopic (exact) mass is 99.0 g/mol. The van der Waals surface area contributed by atoms with Crippen molar-refractivity contribution in [2.75, 3.05) is 21.1 Å². The molecular weight excluding hydrogens is 89.1 g/mol. The fourth-order valence-electron chi connectivity index (χ4n) is 0. The molecule has 0 aliphatic rings. The molecule has 0 radical (unpaired) electrons. The van der Waals surface area contributed by atoms with Crippen LogP contribution in [0.4, 0.5) is 0 Å². The molecule has 0 heterocycles. The average molecular weight is 99.2 g/mol. The summed E-state index contributed by atoms with van der Waals surface area (Å²) in [7, 11) is 6.00. The van der Waals surface area contributed by atoms with E-state index in [-0.39, 0.29) is 51.4 Å².